The van der Waals surface area contributed by atoms with Crippen LogP contribution in [0, 0.1) is 20.2 Å². The molecule has 0 bridgehead atoms. The SMILES string of the molecule is O=[N+]([O-])/C1=C/NCCN=C/C([N+](=O)[O-])=C\NCCN=C1. The van der Waals surface area contributed by atoms with Gasteiger partial charge in [0.1, 0.15) is 12.4 Å². The van der Waals surface area contributed by atoms with Crippen LogP contribution in [0.3, 0.4) is 0 Å². The van der Waals surface area contributed by atoms with Crippen molar-refractivity contribution in [2.24, 2.45) is 9.98 Å². The number of nitrogens with zero attached hydrogens (tertiary/aromatic N) is 4. The molecule has 0 fully saturated rings. The number of rotatable bonds is 2. The van der Waals surface area contributed by atoms with E-state index in [9.17, 15) is 20.2 Å². The molecule has 1 aliphatic rings. The van der Waals surface area contributed by atoms with Gasteiger partial charge in [0.25, 0.3) is 0 Å². The smallest absolute Gasteiger partial charge is 0.302 e. The maximum absolute atomic E-state index is 10.7. The number of nitro groups is 2. The molecule has 108 valence electrons. The summed E-state index contributed by atoms with van der Waals surface area (Å²) in [4.78, 5) is 28.0. The number of aliphatic imine (C=N–C) groups is 2. The molecule has 0 atom stereocenters. The third kappa shape index (κ3) is 5.71. The minimum Gasteiger partial charge on any atom is -0.383 e. The Morgan fingerprint density at radius 1 is 0.900 bits per heavy atom. The van der Waals surface area contributed by atoms with Gasteiger partial charge in [0, 0.05) is 13.1 Å². The minimum atomic E-state index is -0.552. The molecule has 0 unspecified atom stereocenters. The number of nitrogens with one attached hydrogen (secondary N) is 2. The van der Waals surface area contributed by atoms with Gasteiger partial charge in [-0.1, -0.05) is 0 Å². The van der Waals surface area contributed by atoms with E-state index in [0.717, 1.165) is 12.4 Å². The molecule has 1 aliphatic heterocycles. The van der Waals surface area contributed by atoms with E-state index in [-0.39, 0.29) is 24.5 Å². The Balaban J connectivity index is 2.74. The zero-order chi connectivity index (χ0) is 14.8. The lowest BCUT2D eigenvalue weighted by atomic mass is 10.4. The molecule has 0 aromatic carbocycles. The summed E-state index contributed by atoms with van der Waals surface area (Å²) in [5.74, 6) is 0. The van der Waals surface area contributed by atoms with Crippen LogP contribution < -0.4 is 10.6 Å². The molecule has 1 rings (SSSR count). The van der Waals surface area contributed by atoms with Gasteiger partial charge < -0.3 is 10.6 Å². The molecule has 1 heterocycles. The lowest BCUT2D eigenvalue weighted by molar-refractivity contribution is -0.414. The average molecular weight is 282 g/mol. The van der Waals surface area contributed by atoms with Crippen molar-refractivity contribution in [3.05, 3.63) is 44.0 Å². The van der Waals surface area contributed by atoms with Crippen LogP contribution in [0.25, 0.3) is 0 Å². The van der Waals surface area contributed by atoms with E-state index in [0.29, 0.717) is 13.1 Å². The molecule has 0 saturated heterocycles. The van der Waals surface area contributed by atoms with E-state index >= 15 is 0 Å². The predicted molar refractivity (Wildman–Crippen MR) is 72.9 cm³/mol. The number of hydrogen-bond donors (Lipinski definition) is 2. The van der Waals surface area contributed by atoms with Crippen molar-refractivity contribution in [1.82, 2.24) is 10.6 Å². The molecule has 0 aromatic heterocycles. The quantitative estimate of drug-likeness (QED) is 0.520. The van der Waals surface area contributed by atoms with Crippen molar-refractivity contribution >= 4 is 12.4 Å². The third-order valence-corrected chi connectivity index (χ3v) is 2.14. The molecule has 10 nitrogen and oxygen atoms in total. The highest BCUT2D eigenvalue weighted by Gasteiger charge is 2.07. The van der Waals surface area contributed by atoms with Gasteiger partial charge in [0.15, 0.2) is 0 Å². The molecule has 0 saturated carbocycles. The maximum Gasteiger partial charge on any atom is 0.302 e. The van der Waals surface area contributed by atoms with Gasteiger partial charge in [-0.3, -0.25) is 30.2 Å². The molecule has 0 radical (unpaired) electrons. The fourth-order valence-electron chi connectivity index (χ4n) is 1.20. The summed E-state index contributed by atoms with van der Waals surface area (Å²) in [6.45, 7) is 1.15. The Morgan fingerprint density at radius 3 is 1.65 bits per heavy atom. The van der Waals surface area contributed by atoms with Crippen LogP contribution in [0.2, 0.25) is 0 Å². The molecule has 0 aliphatic carbocycles. The van der Waals surface area contributed by atoms with Crippen LogP contribution >= 0.6 is 0 Å². The zero-order valence-corrected chi connectivity index (χ0v) is 10.6. The van der Waals surface area contributed by atoms with Gasteiger partial charge in [-0.25, -0.2) is 0 Å². The second-order valence-corrected chi connectivity index (χ2v) is 3.63. The van der Waals surface area contributed by atoms with Gasteiger partial charge in [-0.05, 0) is 0 Å². The van der Waals surface area contributed by atoms with Crippen molar-refractivity contribution in [3.8, 4) is 0 Å². The van der Waals surface area contributed by atoms with Crippen molar-refractivity contribution in [1.29, 1.82) is 0 Å². The summed E-state index contributed by atoms with van der Waals surface area (Å²) in [6, 6.07) is 0. The van der Waals surface area contributed by atoms with Crippen molar-refractivity contribution < 1.29 is 9.85 Å². The normalized spacial score (nSPS) is 22.2. The monoisotopic (exact) mass is 282 g/mol. The van der Waals surface area contributed by atoms with Gasteiger partial charge in [-0.15, -0.1) is 0 Å². The Morgan fingerprint density at radius 2 is 1.30 bits per heavy atom. The Hall–Kier alpha value is -2.78. The van der Waals surface area contributed by atoms with Crippen molar-refractivity contribution in [2.45, 2.75) is 0 Å². The lowest BCUT2D eigenvalue weighted by Gasteiger charge is -1.99. The van der Waals surface area contributed by atoms with Crippen LogP contribution in [0.1, 0.15) is 0 Å². The third-order valence-electron chi connectivity index (χ3n) is 2.14. The first kappa shape index (κ1) is 15.3. The highest BCUT2D eigenvalue weighted by atomic mass is 16.6. The largest absolute Gasteiger partial charge is 0.383 e. The summed E-state index contributed by atoms with van der Waals surface area (Å²) in [6.07, 6.45) is 4.73. The highest BCUT2D eigenvalue weighted by molar-refractivity contribution is 5.75. The van der Waals surface area contributed by atoms with E-state index in [4.69, 9.17) is 0 Å². The fourth-order valence-corrected chi connectivity index (χ4v) is 1.20. The second kappa shape index (κ2) is 8.34. The molecule has 0 spiro atoms. The average Bonchev–Trinajstić information content (AvgIpc) is 2.40. The van der Waals surface area contributed by atoms with Gasteiger partial charge in [0.05, 0.1) is 35.3 Å². The molecule has 20 heavy (non-hydrogen) atoms. The summed E-state index contributed by atoms with van der Waals surface area (Å²) < 4.78 is 0. The van der Waals surface area contributed by atoms with Gasteiger partial charge >= 0.3 is 11.4 Å². The second-order valence-electron chi connectivity index (χ2n) is 3.63. The summed E-state index contributed by atoms with van der Waals surface area (Å²) in [5, 5.41) is 26.8. The van der Waals surface area contributed by atoms with Gasteiger partial charge in [0.2, 0.25) is 0 Å². The summed E-state index contributed by atoms with van der Waals surface area (Å²) >= 11 is 0. The van der Waals surface area contributed by atoms with Crippen molar-refractivity contribution in [3.63, 3.8) is 0 Å². The number of hydrogen-bond acceptors (Lipinski definition) is 8. The van der Waals surface area contributed by atoms with E-state index in [1.54, 1.807) is 0 Å². The predicted octanol–water partition coefficient (Wildman–Crippen LogP) is -0.443. The van der Waals surface area contributed by atoms with Gasteiger partial charge in [-0.2, -0.15) is 0 Å². The Kier molecular flexibility index (Phi) is 6.37. The summed E-state index contributed by atoms with van der Waals surface area (Å²) in [5.41, 5.74) is -0.319. The molecule has 2 N–H and O–H groups in total. The lowest BCUT2D eigenvalue weighted by Crippen LogP contribution is -2.17. The summed E-state index contributed by atoms with van der Waals surface area (Å²) in [7, 11) is 0. The van der Waals surface area contributed by atoms with Crippen LogP contribution in [-0.4, -0.2) is 48.5 Å². The number of allylic oxidation sites excluding steroid dienone is 2. The Labute approximate surface area is 114 Å². The van der Waals surface area contributed by atoms with E-state index in [1.807, 2.05) is 0 Å². The van der Waals surface area contributed by atoms with Crippen LogP contribution in [0.15, 0.2) is 33.8 Å². The van der Waals surface area contributed by atoms with E-state index < -0.39 is 9.85 Å². The molecule has 10 heteroatoms. The molecule has 0 amide bonds. The fraction of sp³-hybridized carbons (Fsp3) is 0.400. The van der Waals surface area contributed by atoms with E-state index in [2.05, 4.69) is 20.6 Å². The van der Waals surface area contributed by atoms with E-state index in [1.165, 1.54) is 12.4 Å². The molecular weight excluding hydrogens is 268 g/mol. The maximum atomic E-state index is 10.7. The topological polar surface area (TPSA) is 135 Å². The molecular formula is C10H14N6O4. The standard InChI is InChI=1S/C10H14N6O4/c17-15(18)9-5-11-1-2-12-6-10(16(19)20)8-14-4-3-13-7-9/h5-8,11,14H,1-4H2/b9-5+,10-8+,12-6?,13-7?. The zero-order valence-electron chi connectivity index (χ0n) is 10.6. The minimum absolute atomic E-state index is 0.160. The van der Waals surface area contributed by atoms with Crippen LogP contribution in [0.4, 0.5) is 0 Å². The van der Waals surface area contributed by atoms with Crippen LogP contribution in [0.5, 0.6) is 0 Å². The van der Waals surface area contributed by atoms with Crippen molar-refractivity contribution in [2.75, 3.05) is 26.2 Å². The first-order chi connectivity index (χ1) is 9.61. The first-order valence-electron chi connectivity index (χ1n) is 5.77. The highest BCUT2D eigenvalue weighted by Crippen LogP contribution is 1.92. The Bertz CT molecular complexity index is 438. The molecule has 0 aromatic rings. The first-order valence-corrected chi connectivity index (χ1v) is 5.77. The van der Waals surface area contributed by atoms with Crippen LogP contribution in [-0.2, 0) is 0 Å².